The lowest BCUT2D eigenvalue weighted by molar-refractivity contribution is -0.139. The minimum Gasteiger partial charge on any atom is -0.490 e. The Balaban J connectivity index is 2.10. The molecule has 2 N–H and O–H groups in total. The number of aliphatic carboxylic acids is 1. The van der Waals surface area contributed by atoms with Crippen LogP contribution in [0.3, 0.4) is 0 Å². The molecule has 0 spiro atoms. The Morgan fingerprint density at radius 3 is 2.43 bits per heavy atom. The summed E-state index contributed by atoms with van der Waals surface area (Å²) in [5.41, 5.74) is 0.360. The number of carbonyl (C=O) groups is 2. The fourth-order valence-corrected chi connectivity index (χ4v) is 2.34. The van der Waals surface area contributed by atoms with Crippen molar-refractivity contribution in [2.45, 2.75) is 39.2 Å². The van der Waals surface area contributed by atoms with Crippen LogP contribution in [0, 0.1) is 5.92 Å². The molecule has 1 aliphatic carbocycles. The van der Waals surface area contributed by atoms with Crippen molar-refractivity contribution < 1.29 is 24.2 Å². The van der Waals surface area contributed by atoms with Crippen LogP contribution in [0.2, 0.25) is 0 Å². The molecule has 1 atom stereocenters. The van der Waals surface area contributed by atoms with Crippen molar-refractivity contribution in [2.24, 2.45) is 5.92 Å². The molecule has 1 fully saturated rings. The van der Waals surface area contributed by atoms with Crippen LogP contribution in [0.4, 0.5) is 0 Å². The van der Waals surface area contributed by atoms with E-state index in [1.165, 1.54) is 0 Å². The standard InChI is InChI=1S/C17H23NO5/c1-3-22-14-8-7-12(10-15(14)23-4-2)16(19)18-13(17(20)21)9-11-5-6-11/h7-8,10-11,13H,3-6,9H2,1-2H3,(H,18,19)(H,20,21). The molecule has 0 saturated heterocycles. The first-order valence-electron chi connectivity index (χ1n) is 7.98. The maximum Gasteiger partial charge on any atom is 0.326 e. The first-order valence-corrected chi connectivity index (χ1v) is 7.98. The van der Waals surface area contributed by atoms with E-state index < -0.39 is 17.9 Å². The lowest BCUT2D eigenvalue weighted by Gasteiger charge is -2.16. The van der Waals surface area contributed by atoms with Crippen LogP contribution in [0.5, 0.6) is 11.5 Å². The van der Waals surface area contributed by atoms with Crippen molar-refractivity contribution in [3.63, 3.8) is 0 Å². The number of carboxylic acid groups (broad SMARTS) is 1. The second kappa shape index (κ2) is 7.85. The number of amides is 1. The fraction of sp³-hybridized carbons (Fsp3) is 0.529. The van der Waals surface area contributed by atoms with Gasteiger partial charge in [-0.25, -0.2) is 4.79 Å². The molecule has 6 nitrogen and oxygen atoms in total. The van der Waals surface area contributed by atoms with Gasteiger partial charge in [-0.15, -0.1) is 0 Å². The number of ether oxygens (including phenoxy) is 2. The monoisotopic (exact) mass is 321 g/mol. The van der Waals surface area contributed by atoms with E-state index in [2.05, 4.69) is 5.32 Å². The summed E-state index contributed by atoms with van der Waals surface area (Å²) in [5, 5.41) is 11.8. The molecule has 1 aliphatic rings. The van der Waals surface area contributed by atoms with E-state index in [0.29, 0.717) is 42.6 Å². The number of rotatable bonds is 9. The summed E-state index contributed by atoms with van der Waals surface area (Å²) in [6.45, 7) is 4.66. The van der Waals surface area contributed by atoms with Gasteiger partial charge in [-0.05, 0) is 44.4 Å². The second-order valence-corrected chi connectivity index (χ2v) is 5.57. The Hall–Kier alpha value is -2.24. The molecule has 0 aromatic heterocycles. The van der Waals surface area contributed by atoms with Crippen LogP contribution in [0.1, 0.15) is 43.5 Å². The van der Waals surface area contributed by atoms with E-state index in [1.54, 1.807) is 18.2 Å². The van der Waals surface area contributed by atoms with Gasteiger partial charge in [0.2, 0.25) is 0 Å². The molecule has 0 radical (unpaired) electrons. The Labute approximate surface area is 135 Å². The molecule has 0 heterocycles. The third kappa shape index (κ3) is 4.87. The van der Waals surface area contributed by atoms with Crippen molar-refractivity contribution >= 4 is 11.9 Å². The van der Waals surface area contributed by atoms with E-state index in [1.807, 2.05) is 13.8 Å². The molecule has 1 unspecified atom stereocenters. The molecule has 23 heavy (non-hydrogen) atoms. The summed E-state index contributed by atoms with van der Waals surface area (Å²) in [5.74, 6) is 0.0497. The highest BCUT2D eigenvalue weighted by Crippen LogP contribution is 2.33. The Bertz CT molecular complexity index is 568. The predicted octanol–water partition coefficient (Wildman–Crippen LogP) is 2.47. The Morgan fingerprint density at radius 2 is 1.87 bits per heavy atom. The average Bonchev–Trinajstić information content (AvgIpc) is 3.32. The Kier molecular flexibility index (Phi) is 5.84. The molecule has 1 amide bonds. The predicted molar refractivity (Wildman–Crippen MR) is 85.0 cm³/mol. The highest BCUT2D eigenvalue weighted by Gasteiger charge is 2.30. The van der Waals surface area contributed by atoms with Crippen molar-refractivity contribution in [3.8, 4) is 11.5 Å². The molecule has 1 aromatic rings. The van der Waals surface area contributed by atoms with Crippen molar-refractivity contribution in [1.82, 2.24) is 5.32 Å². The number of benzene rings is 1. The van der Waals surface area contributed by atoms with E-state index in [-0.39, 0.29) is 0 Å². The van der Waals surface area contributed by atoms with E-state index in [4.69, 9.17) is 9.47 Å². The summed E-state index contributed by atoms with van der Waals surface area (Å²) in [6, 6.07) is 4.01. The van der Waals surface area contributed by atoms with Gasteiger partial charge in [-0.1, -0.05) is 12.8 Å². The highest BCUT2D eigenvalue weighted by atomic mass is 16.5. The maximum absolute atomic E-state index is 12.3. The van der Waals surface area contributed by atoms with Gasteiger partial charge in [0.05, 0.1) is 13.2 Å². The third-order valence-electron chi connectivity index (χ3n) is 3.67. The van der Waals surface area contributed by atoms with E-state index in [0.717, 1.165) is 12.8 Å². The fourth-order valence-electron chi connectivity index (χ4n) is 2.34. The van der Waals surface area contributed by atoms with Gasteiger partial charge in [0.1, 0.15) is 6.04 Å². The van der Waals surface area contributed by atoms with Gasteiger partial charge in [-0.3, -0.25) is 4.79 Å². The van der Waals surface area contributed by atoms with Crippen LogP contribution < -0.4 is 14.8 Å². The smallest absolute Gasteiger partial charge is 0.326 e. The molecular weight excluding hydrogens is 298 g/mol. The first-order chi connectivity index (χ1) is 11.0. The third-order valence-corrected chi connectivity index (χ3v) is 3.67. The number of carboxylic acids is 1. The van der Waals surface area contributed by atoms with Crippen molar-refractivity contribution in [3.05, 3.63) is 23.8 Å². The summed E-state index contributed by atoms with van der Waals surface area (Å²) >= 11 is 0. The van der Waals surface area contributed by atoms with Gasteiger partial charge in [0, 0.05) is 5.56 Å². The quantitative estimate of drug-likeness (QED) is 0.730. The largest absolute Gasteiger partial charge is 0.490 e. The maximum atomic E-state index is 12.3. The molecule has 126 valence electrons. The van der Waals surface area contributed by atoms with E-state index >= 15 is 0 Å². The molecule has 6 heteroatoms. The van der Waals surface area contributed by atoms with E-state index in [9.17, 15) is 14.7 Å². The van der Waals surface area contributed by atoms with Crippen LogP contribution in [-0.4, -0.2) is 36.2 Å². The number of nitrogens with one attached hydrogen (secondary N) is 1. The molecule has 2 rings (SSSR count). The first kappa shape index (κ1) is 17.1. The van der Waals surface area contributed by atoms with Crippen LogP contribution in [0.15, 0.2) is 18.2 Å². The van der Waals surface area contributed by atoms with Crippen molar-refractivity contribution in [1.29, 1.82) is 0 Å². The zero-order chi connectivity index (χ0) is 16.8. The second-order valence-electron chi connectivity index (χ2n) is 5.57. The van der Waals surface area contributed by atoms with Crippen LogP contribution >= 0.6 is 0 Å². The summed E-state index contributed by atoms with van der Waals surface area (Å²) in [7, 11) is 0. The topological polar surface area (TPSA) is 84.9 Å². The summed E-state index contributed by atoms with van der Waals surface area (Å²) < 4.78 is 10.9. The zero-order valence-corrected chi connectivity index (χ0v) is 13.5. The van der Waals surface area contributed by atoms with Crippen molar-refractivity contribution in [2.75, 3.05) is 13.2 Å². The average molecular weight is 321 g/mol. The number of hydrogen-bond acceptors (Lipinski definition) is 4. The zero-order valence-electron chi connectivity index (χ0n) is 13.5. The number of carbonyl (C=O) groups excluding carboxylic acids is 1. The van der Waals surface area contributed by atoms with Gasteiger partial charge < -0.3 is 19.9 Å². The van der Waals surface area contributed by atoms with Gasteiger partial charge in [-0.2, -0.15) is 0 Å². The van der Waals surface area contributed by atoms with Crippen LogP contribution in [-0.2, 0) is 4.79 Å². The molecule has 1 saturated carbocycles. The highest BCUT2D eigenvalue weighted by molar-refractivity contribution is 5.97. The molecule has 0 bridgehead atoms. The minimum atomic E-state index is -0.999. The van der Waals surface area contributed by atoms with Crippen LogP contribution in [0.25, 0.3) is 0 Å². The summed E-state index contributed by atoms with van der Waals surface area (Å²) in [4.78, 5) is 23.6. The van der Waals surface area contributed by atoms with Gasteiger partial charge >= 0.3 is 5.97 Å². The molecule has 1 aromatic carbocycles. The number of hydrogen-bond donors (Lipinski definition) is 2. The molecule has 0 aliphatic heterocycles. The Morgan fingerprint density at radius 1 is 1.22 bits per heavy atom. The summed E-state index contributed by atoms with van der Waals surface area (Å²) in [6.07, 6.45) is 2.56. The SMILES string of the molecule is CCOc1ccc(C(=O)NC(CC2CC2)C(=O)O)cc1OCC. The minimum absolute atomic E-state index is 0.360. The normalized spacial score (nSPS) is 14.9. The van der Waals surface area contributed by atoms with Gasteiger partial charge in [0.25, 0.3) is 5.91 Å². The van der Waals surface area contributed by atoms with Gasteiger partial charge in [0.15, 0.2) is 11.5 Å². The molecular formula is C17H23NO5. The lowest BCUT2D eigenvalue weighted by atomic mass is 10.1. The lowest BCUT2D eigenvalue weighted by Crippen LogP contribution is -2.41.